The predicted octanol–water partition coefficient (Wildman–Crippen LogP) is 5.86. The molecule has 2 heterocycles. The standard InChI is InChI=1S/C28H38N4O2S/c1-6-18(2)11-24(14-30-19(3)12-25-15-29-17-35-25)23-9-10-26-27(13-23)31(28(34)22-7-8-22)16-20(4)32(26)21(5)33/h9-10,13,15,17-18,20,22,24H,6-8,11-12,14,16H2,1-5H3. The quantitative estimate of drug-likeness (QED) is 0.410. The Morgan fingerprint density at radius 3 is 2.63 bits per heavy atom. The van der Waals surface area contributed by atoms with E-state index >= 15 is 0 Å². The van der Waals surface area contributed by atoms with Crippen molar-refractivity contribution in [2.45, 2.75) is 78.7 Å². The molecule has 1 aliphatic heterocycles. The van der Waals surface area contributed by atoms with Crippen LogP contribution in [0, 0.1) is 11.8 Å². The first-order valence-corrected chi connectivity index (χ1v) is 13.8. The van der Waals surface area contributed by atoms with Crippen LogP contribution in [0.15, 0.2) is 34.9 Å². The van der Waals surface area contributed by atoms with Crippen molar-refractivity contribution < 1.29 is 9.59 Å². The molecule has 1 aromatic heterocycles. The number of fused-ring (bicyclic) bond motifs is 1. The summed E-state index contributed by atoms with van der Waals surface area (Å²) < 4.78 is 0. The summed E-state index contributed by atoms with van der Waals surface area (Å²) >= 11 is 1.66. The van der Waals surface area contributed by atoms with Gasteiger partial charge < -0.3 is 9.80 Å². The van der Waals surface area contributed by atoms with Gasteiger partial charge in [0.25, 0.3) is 0 Å². The fraction of sp³-hybridized carbons (Fsp3) is 0.571. The number of anilines is 2. The number of amides is 2. The number of aromatic nitrogens is 1. The molecule has 3 unspecified atom stereocenters. The highest BCUT2D eigenvalue weighted by Crippen LogP contribution is 2.42. The third kappa shape index (κ3) is 6.00. The number of thiazole rings is 1. The Balaban J connectivity index is 1.66. The van der Waals surface area contributed by atoms with Crippen molar-refractivity contribution in [3.63, 3.8) is 0 Å². The third-order valence-electron chi connectivity index (χ3n) is 7.32. The van der Waals surface area contributed by atoms with Crippen molar-refractivity contribution in [3.8, 4) is 0 Å². The minimum absolute atomic E-state index is 0.0180. The molecule has 188 valence electrons. The number of nitrogens with zero attached hydrogens (tertiary/aromatic N) is 4. The number of carbonyl (C=O) groups excluding carboxylic acids is 2. The monoisotopic (exact) mass is 494 g/mol. The molecule has 7 heteroatoms. The van der Waals surface area contributed by atoms with Crippen molar-refractivity contribution in [2.24, 2.45) is 16.8 Å². The zero-order valence-electron chi connectivity index (χ0n) is 21.7. The van der Waals surface area contributed by atoms with Gasteiger partial charge in [-0.05, 0) is 56.7 Å². The number of hydrogen-bond acceptors (Lipinski definition) is 5. The fourth-order valence-electron chi connectivity index (χ4n) is 5.01. The molecule has 2 amide bonds. The van der Waals surface area contributed by atoms with E-state index in [1.54, 1.807) is 18.3 Å². The highest BCUT2D eigenvalue weighted by atomic mass is 32.1. The summed E-state index contributed by atoms with van der Waals surface area (Å²) in [5.74, 6) is 1.19. The molecule has 0 spiro atoms. The van der Waals surface area contributed by atoms with Crippen LogP contribution >= 0.6 is 11.3 Å². The number of benzene rings is 1. The van der Waals surface area contributed by atoms with Crippen molar-refractivity contribution in [3.05, 3.63) is 40.3 Å². The summed E-state index contributed by atoms with van der Waals surface area (Å²) in [6.45, 7) is 11.5. The molecule has 3 atom stereocenters. The second kappa shape index (κ2) is 11.0. The number of carbonyl (C=O) groups is 2. The highest BCUT2D eigenvalue weighted by Gasteiger charge is 2.40. The van der Waals surface area contributed by atoms with Gasteiger partial charge in [0.05, 0.1) is 22.9 Å². The Hall–Kier alpha value is -2.54. The number of aliphatic imine (C=N–C) groups is 1. The van der Waals surface area contributed by atoms with Crippen molar-refractivity contribution in [1.82, 2.24) is 4.98 Å². The zero-order valence-corrected chi connectivity index (χ0v) is 22.5. The fourth-order valence-corrected chi connectivity index (χ4v) is 5.68. The van der Waals surface area contributed by atoms with Crippen LogP contribution in [0.3, 0.4) is 0 Å². The first-order valence-electron chi connectivity index (χ1n) is 12.9. The molecule has 0 radical (unpaired) electrons. The molecule has 2 aliphatic rings. The van der Waals surface area contributed by atoms with Crippen molar-refractivity contribution in [1.29, 1.82) is 0 Å². The molecule has 0 saturated heterocycles. The van der Waals surface area contributed by atoms with E-state index < -0.39 is 0 Å². The largest absolute Gasteiger partial charge is 0.308 e. The van der Waals surface area contributed by atoms with Crippen molar-refractivity contribution in [2.75, 3.05) is 22.9 Å². The van der Waals surface area contributed by atoms with E-state index in [9.17, 15) is 9.59 Å². The maximum Gasteiger partial charge on any atom is 0.230 e. The summed E-state index contributed by atoms with van der Waals surface area (Å²) in [5, 5.41) is 0. The van der Waals surface area contributed by atoms with Gasteiger partial charge in [0.1, 0.15) is 0 Å². The third-order valence-corrected chi connectivity index (χ3v) is 8.10. The summed E-state index contributed by atoms with van der Waals surface area (Å²) in [6.07, 6.45) is 6.85. The van der Waals surface area contributed by atoms with Crippen LogP contribution in [-0.4, -0.2) is 41.6 Å². The van der Waals surface area contributed by atoms with Gasteiger partial charge in [0.2, 0.25) is 11.8 Å². The van der Waals surface area contributed by atoms with Gasteiger partial charge in [-0.15, -0.1) is 11.3 Å². The summed E-state index contributed by atoms with van der Waals surface area (Å²) in [5.41, 5.74) is 5.91. The Morgan fingerprint density at radius 2 is 2.00 bits per heavy atom. The van der Waals surface area contributed by atoms with E-state index in [-0.39, 0.29) is 29.7 Å². The van der Waals surface area contributed by atoms with Crippen LogP contribution in [0.2, 0.25) is 0 Å². The lowest BCUT2D eigenvalue weighted by Gasteiger charge is -2.41. The first-order chi connectivity index (χ1) is 16.8. The average Bonchev–Trinajstić information content (AvgIpc) is 3.56. The van der Waals surface area contributed by atoms with E-state index in [0.29, 0.717) is 12.5 Å². The second-order valence-electron chi connectivity index (χ2n) is 10.4. The maximum atomic E-state index is 13.2. The first kappa shape index (κ1) is 25.5. The van der Waals surface area contributed by atoms with Crippen LogP contribution in [0.1, 0.15) is 76.7 Å². The maximum absolute atomic E-state index is 13.2. The number of rotatable bonds is 9. The molecular formula is C28H38N4O2S. The smallest absolute Gasteiger partial charge is 0.230 e. The lowest BCUT2D eigenvalue weighted by Crippen LogP contribution is -2.51. The van der Waals surface area contributed by atoms with Crippen LogP contribution in [-0.2, 0) is 16.0 Å². The lowest BCUT2D eigenvalue weighted by atomic mass is 9.87. The topological polar surface area (TPSA) is 65.9 Å². The normalized spacial score (nSPS) is 19.9. The van der Waals surface area contributed by atoms with Gasteiger partial charge in [0.15, 0.2) is 0 Å². The summed E-state index contributed by atoms with van der Waals surface area (Å²) in [7, 11) is 0. The second-order valence-corrected chi connectivity index (χ2v) is 11.3. The lowest BCUT2D eigenvalue weighted by molar-refractivity contribution is -0.120. The molecule has 35 heavy (non-hydrogen) atoms. The molecule has 1 fully saturated rings. The molecule has 0 bridgehead atoms. The minimum Gasteiger partial charge on any atom is -0.308 e. The Morgan fingerprint density at radius 1 is 1.23 bits per heavy atom. The van der Waals surface area contributed by atoms with Gasteiger partial charge in [-0.1, -0.05) is 26.3 Å². The van der Waals surface area contributed by atoms with Crippen LogP contribution in [0.25, 0.3) is 0 Å². The Kier molecular flexibility index (Phi) is 8.05. The predicted molar refractivity (Wildman–Crippen MR) is 145 cm³/mol. The molecule has 1 aliphatic carbocycles. The summed E-state index contributed by atoms with van der Waals surface area (Å²) in [4.78, 5) is 39.9. The van der Waals surface area contributed by atoms with Gasteiger partial charge in [-0.25, -0.2) is 0 Å². The van der Waals surface area contributed by atoms with E-state index in [1.807, 2.05) is 34.5 Å². The van der Waals surface area contributed by atoms with Gasteiger partial charge >= 0.3 is 0 Å². The van der Waals surface area contributed by atoms with Crippen molar-refractivity contribution >= 4 is 40.2 Å². The van der Waals surface area contributed by atoms with Gasteiger partial charge in [-0.3, -0.25) is 19.6 Å². The van der Waals surface area contributed by atoms with E-state index in [2.05, 4.69) is 37.9 Å². The van der Waals surface area contributed by atoms with E-state index in [4.69, 9.17) is 4.99 Å². The van der Waals surface area contributed by atoms with Gasteiger partial charge in [0, 0.05) is 55.1 Å². The SMILES string of the molecule is CCC(C)CC(CN=C(C)Cc1cncs1)c1ccc2c(c1)N(C(=O)C1CC1)CC(C)N2C(C)=O. The Labute approximate surface area is 213 Å². The molecule has 1 saturated carbocycles. The molecule has 0 N–H and O–H groups in total. The highest BCUT2D eigenvalue weighted by molar-refractivity contribution is 7.09. The molecule has 2 aromatic rings. The van der Waals surface area contributed by atoms with Crippen LogP contribution in [0.5, 0.6) is 0 Å². The van der Waals surface area contributed by atoms with E-state index in [0.717, 1.165) is 55.7 Å². The summed E-state index contributed by atoms with van der Waals surface area (Å²) in [6, 6.07) is 6.32. The average molecular weight is 495 g/mol. The van der Waals surface area contributed by atoms with E-state index in [1.165, 1.54) is 10.4 Å². The molecule has 6 nitrogen and oxygen atoms in total. The van der Waals surface area contributed by atoms with Crippen LogP contribution in [0.4, 0.5) is 11.4 Å². The molecule has 1 aromatic carbocycles. The zero-order chi connectivity index (χ0) is 25.1. The Bertz CT molecular complexity index is 1080. The van der Waals surface area contributed by atoms with Gasteiger partial charge in [-0.2, -0.15) is 0 Å². The molecular weight excluding hydrogens is 456 g/mol. The number of hydrogen-bond donors (Lipinski definition) is 0. The minimum atomic E-state index is -0.0385. The van der Waals surface area contributed by atoms with Crippen LogP contribution < -0.4 is 9.80 Å². The molecule has 4 rings (SSSR count).